The molecule has 1 saturated carbocycles. The fourth-order valence-corrected chi connectivity index (χ4v) is 2.39. The molecule has 120 valence electrons. The van der Waals surface area contributed by atoms with Crippen molar-refractivity contribution in [1.29, 1.82) is 0 Å². The van der Waals surface area contributed by atoms with Crippen LogP contribution in [0.3, 0.4) is 0 Å². The largest absolute Gasteiger partial charge is 0.352 e. The minimum atomic E-state index is -0.125. The summed E-state index contributed by atoms with van der Waals surface area (Å²) >= 11 is 5.95. The third-order valence-electron chi connectivity index (χ3n) is 3.50. The van der Waals surface area contributed by atoms with Crippen molar-refractivity contribution in [3.8, 4) is 0 Å². The van der Waals surface area contributed by atoms with E-state index in [0.29, 0.717) is 11.1 Å². The number of nitrogens with zero attached hydrogens (tertiary/aromatic N) is 1. The first-order valence-corrected chi connectivity index (χ1v) is 7.84. The Kier molecular flexibility index (Phi) is 5.80. The molecule has 0 spiro atoms. The summed E-state index contributed by atoms with van der Waals surface area (Å²) in [6.07, 6.45) is 2.13. The molecule has 0 aliphatic heterocycles. The van der Waals surface area contributed by atoms with E-state index >= 15 is 0 Å². The number of hydrogen-bond acceptors (Lipinski definition) is 3. The zero-order chi connectivity index (χ0) is 16.1. The minimum Gasteiger partial charge on any atom is -0.352 e. The fraction of sp³-hybridized carbons (Fsp3) is 0.500. The molecule has 1 aromatic rings. The van der Waals surface area contributed by atoms with Crippen molar-refractivity contribution in [3.63, 3.8) is 0 Å². The molecule has 0 radical (unpaired) electrons. The first kappa shape index (κ1) is 16.8. The van der Waals surface area contributed by atoms with Crippen molar-refractivity contribution in [3.05, 3.63) is 34.9 Å². The third-order valence-corrected chi connectivity index (χ3v) is 3.73. The Hall–Kier alpha value is -1.59. The van der Waals surface area contributed by atoms with Gasteiger partial charge in [-0.3, -0.25) is 14.5 Å². The summed E-state index contributed by atoms with van der Waals surface area (Å²) in [5.41, 5.74) is 0.954. The molecule has 2 amide bonds. The van der Waals surface area contributed by atoms with Gasteiger partial charge in [0.2, 0.25) is 11.8 Å². The van der Waals surface area contributed by atoms with Crippen LogP contribution in [-0.2, 0) is 9.59 Å². The zero-order valence-corrected chi connectivity index (χ0v) is 13.7. The van der Waals surface area contributed by atoms with Gasteiger partial charge in [0.25, 0.3) is 0 Å². The maximum atomic E-state index is 12.0. The Morgan fingerprint density at radius 1 is 1.32 bits per heavy atom. The predicted molar refractivity (Wildman–Crippen MR) is 86.7 cm³/mol. The maximum Gasteiger partial charge on any atom is 0.234 e. The van der Waals surface area contributed by atoms with Gasteiger partial charge in [-0.15, -0.1) is 0 Å². The normalized spacial score (nSPS) is 15.5. The van der Waals surface area contributed by atoms with Crippen molar-refractivity contribution in [2.24, 2.45) is 0 Å². The fourth-order valence-electron chi connectivity index (χ4n) is 2.19. The van der Waals surface area contributed by atoms with E-state index in [0.717, 1.165) is 18.4 Å². The average Bonchev–Trinajstić information content (AvgIpc) is 3.21. The molecule has 1 atom stereocenters. The van der Waals surface area contributed by atoms with Gasteiger partial charge in [-0.1, -0.05) is 23.7 Å². The number of carbonyl (C=O) groups is 2. The number of rotatable bonds is 7. The van der Waals surface area contributed by atoms with Crippen molar-refractivity contribution < 1.29 is 9.59 Å². The van der Waals surface area contributed by atoms with Crippen LogP contribution in [-0.4, -0.2) is 42.9 Å². The lowest BCUT2D eigenvalue weighted by atomic mass is 10.1. The van der Waals surface area contributed by atoms with Crippen LogP contribution in [0.1, 0.15) is 31.4 Å². The predicted octanol–water partition coefficient (Wildman–Crippen LogP) is 1.73. The zero-order valence-electron chi connectivity index (χ0n) is 12.9. The Balaban J connectivity index is 1.75. The van der Waals surface area contributed by atoms with Crippen molar-refractivity contribution in [1.82, 2.24) is 15.5 Å². The topological polar surface area (TPSA) is 61.4 Å². The van der Waals surface area contributed by atoms with E-state index in [2.05, 4.69) is 10.6 Å². The molecule has 0 aromatic heterocycles. The van der Waals surface area contributed by atoms with E-state index < -0.39 is 0 Å². The van der Waals surface area contributed by atoms with Crippen molar-refractivity contribution >= 4 is 23.4 Å². The lowest BCUT2D eigenvalue weighted by molar-refractivity contribution is -0.125. The minimum absolute atomic E-state index is 0.0271. The second-order valence-corrected chi connectivity index (χ2v) is 6.29. The van der Waals surface area contributed by atoms with Gasteiger partial charge in [-0.05, 0) is 44.5 Å². The van der Waals surface area contributed by atoms with Crippen molar-refractivity contribution in [2.75, 3.05) is 20.1 Å². The highest BCUT2D eigenvalue weighted by Crippen LogP contribution is 2.18. The molecular weight excluding hydrogens is 302 g/mol. The number of likely N-dealkylation sites (N-methyl/N-ethyl adjacent to an activating group) is 1. The number of benzene rings is 1. The van der Waals surface area contributed by atoms with Gasteiger partial charge in [0.05, 0.1) is 19.1 Å². The summed E-state index contributed by atoms with van der Waals surface area (Å²) in [6.45, 7) is 2.32. The summed E-state index contributed by atoms with van der Waals surface area (Å²) in [4.78, 5) is 25.4. The van der Waals surface area contributed by atoms with Gasteiger partial charge in [0.1, 0.15) is 0 Å². The number of carbonyl (C=O) groups excluding carboxylic acids is 2. The molecule has 22 heavy (non-hydrogen) atoms. The summed E-state index contributed by atoms with van der Waals surface area (Å²) in [6, 6.07) is 7.63. The smallest absolute Gasteiger partial charge is 0.234 e. The first-order chi connectivity index (χ1) is 10.4. The van der Waals surface area contributed by atoms with E-state index in [4.69, 9.17) is 11.6 Å². The van der Waals surface area contributed by atoms with Crippen LogP contribution in [0.2, 0.25) is 5.02 Å². The molecule has 1 aliphatic rings. The molecule has 0 unspecified atom stereocenters. The summed E-state index contributed by atoms with van der Waals surface area (Å²) in [5, 5.41) is 6.46. The molecule has 1 aliphatic carbocycles. The second-order valence-electron chi connectivity index (χ2n) is 5.86. The quantitative estimate of drug-likeness (QED) is 0.803. The molecule has 6 heteroatoms. The summed E-state index contributed by atoms with van der Waals surface area (Å²) in [5.74, 6) is -0.144. The highest BCUT2D eigenvalue weighted by Gasteiger charge is 2.23. The van der Waals surface area contributed by atoms with Gasteiger partial charge in [-0.25, -0.2) is 0 Å². The van der Waals surface area contributed by atoms with Crippen LogP contribution in [0.15, 0.2) is 24.3 Å². The highest BCUT2D eigenvalue weighted by atomic mass is 35.5. The summed E-state index contributed by atoms with van der Waals surface area (Å²) < 4.78 is 0. The Bertz CT molecular complexity index is 546. The molecule has 1 aromatic carbocycles. The van der Waals surface area contributed by atoms with Crippen LogP contribution >= 0.6 is 11.6 Å². The number of halogens is 1. The SMILES string of the molecule is C[C@@H](NC(=O)CN(C)CC(=O)NC1CC1)c1cccc(Cl)c1. The van der Waals surface area contributed by atoms with Crippen LogP contribution in [0, 0.1) is 0 Å². The molecule has 1 fully saturated rings. The van der Waals surface area contributed by atoms with Gasteiger partial charge >= 0.3 is 0 Å². The Morgan fingerprint density at radius 3 is 2.64 bits per heavy atom. The van der Waals surface area contributed by atoms with Crippen LogP contribution in [0.25, 0.3) is 0 Å². The molecule has 0 saturated heterocycles. The third kappa shape index (κ3) is 5.66. The summed E-state index contributed by atoms with van der Waals surface area (Å²) in [7, 11) is 1.76. The maximum absolute atomic E-state index is 12.0. The first-order valence-electron chi connectivity index (χ1n) is 7.47. The monoisotopic (exact) mass is 323 g/mol. The van der Waals surface area contributed by atoms with E-state index in [1.54, 1.807) is 18.0 Å². The molecule has 5 nitrogen and oxygen atoms in total. The number of amides is 2. The van der Waals surface area contributed by atoms with E-state index in [-0.39, 0.29) is 30.9 Å². The molecule has 0 heterocycles. The second kappa shape index (κ2) is 7.61. The van der Waals surface area contributed by atoms with Crippen molar-refractivity contribution in [2.45, 2.75) is 31.8 Å². The van der Waals surface area contributed by atoms with Gasteiger partial charge in [0.15, 0.2) is 0 Å². The number of hydrogen-bond donors (Lipinski definition) is 2. The van der Waals surface area contributed by atoms with Crippen LogP contribution < -0.4 is 10.6 Å². The number of nitrogens with one attached hydrogen (secondary N) is 2. The Morgan fingerprint density at radius 2 is 2.00 bits per heavy atom. The standard InChI is InChI=1S/C16H22ClN3O2/c1-11(12-4-3-5-13(17)8-12)18-15(21)9-20(2)10-16(22)19-14-6-7-14/h3-5,8,11,14H,6-7,9-10H2,1-2H3,(H,18,21)(H,19,22)/t11-/m1/s1. The molecule has 2 rings (SSSR count). The van der Waals surface area contributed by atoms with E-state index in [9.17, 15) is 9.59 Å². The average molecular weight is 324 g/mol. The van der Waals surface area contributed by atoms with Gasteiger partial charge in [-0.2, -0.15) is 0 Å². The molecular formula is C16H22ClN3O2. The van der Waals surface area contributed by atoms with Gasteiger partial charge in [0, 0.05) is 11.1 Å². The van der Waals surface area contributed by atoms with E-state index in [1.807, 2.05) is 25.1 Å². The van der Waals surface area contributed by atoms with Crippen LogP contribution in [0.4, 0.5) is 0 Å². The lowest BCUT2D eigenvalue weighted by Crippen LogP contribution is -2.41. The van der Waals surface area contributed by atoms with Gasteiger partial charge < -0.3 is 10.6 Å². The Labute approximate surface area is 136 Å². The van der Waals surface area contributed by atoms with E-state index in [1.165, 1.54) is 0 Å². The van der Waals surface area contributed by atoms with Crippen LogP contribution in [0.5, 0.6) is 0 Å². The molecule has 2 N–H and O–H groups in total. The molecule has 0 bridgehead atoms. The highest BCUT2D eigenvalue weighted by molar-refractivity contribution is 6.30. The lowest BCUT2D eigenvalue weighted by Gasteiger charge is -2.19.